The smallest absolute Gasteiger partial charge is 0.266 e. The van der Waals surface area contributed by atoms with Gasteiger partial charge in [0.05, 0.1) is 6.04 Å². The summed E-state index contributed by atoms with van der Waals surface area (Å²) in [6, 6.07) is 17.6. The van der Waals surface area contributed by atoms with Gasteiger partial charge in [-0.25, -0.2) is 10.1 Å². The highest BCUT2D eigenvalue weighted by molar-refractivity contribution is 5.95. The van der Waals surface area contributed by atoms with Gasteiger partial charge in [0, 0.05) is 19.6 Å². The van der Waals surface area contributed by atoms with Gasteiger partial charge in [0.25, 0.3) is 11.9 Å². The standard InChI is InChI=1S/C28H36N8O7/c29-28(33-36(42)43)31-14-7-12-22(26(40)27(41)30-15-13-20-8-3-1-4-9-20)32-23(37)17-35-19-24(38)34(18-25(35)39)16-21-10-5-2-6-11-21/h1-6,8-11,22,26,40H,7,12-19H2,(H,30,41)(H,32,37)(H3,29,31,33). The SMILES string of the molecule is N/C(=N\[N+](=O)[O-])NCCCC(NC(=O)CN1CC(=O)N(Cc2ccccc2)CC1=O)C(O)C(=O)NCCc1ccccc1. The molecule has 0 aromatic heterocycles. The second-order valence-electron chi connectivity index (χ2n) is 9.92. The summed E-state index contributed by atoms with van der Waals surface area (Å²) in [5, 5.41) is 31.0. The number of nitrogens with zero attached hydrogens (tertiary/aromatic N) is 4. The average Bonchev–Trinajstić information content (AvgIpc) is 2.97. The summed E-state index contributed by atoms with van der Waals surface area (Å²) in [4.78, 5) is 64.1. The lowest BCUT2D eigenvalue weighted by atomic mass is 10.0. The van der Waals surface area contributed by atoms with Gasteiger partial charge in [0.2, 0.25) is 17.7 Å². The van der Waals surface area contributed by atoms with Crippen LogP contribution in [0.3, 0.4) is 0 Å². The van der Waals surface area contributed by atoms with Crippen molar-refractivity contribution in [2.45, 2.75) is 38.0 Å². The van der Waals surface area contributed by atoms with E-state index in [1.54, 1.807) is 0 Å². The molecule has 0 spiro atoms. The van der Waals surface area contributed by atoms with Gasteiger partial charge in [-0.2, -0.15) is 0 Å². The predicted octanol–water partition coefficient (Wildman–Crippen LogP) is -1.06. The number of nitrogens with one attached hydrogen (secondary N) is 3. The van der Waals surface area contributed by atoms with Gasteiger partial charge in [-0.15, -0.1) is 0 Å². The molecule has 230 valence electrons. The maximum absolute atomic E-state index is 12.9. The molecule has 0 aliphatic carbocycles. The summed E-state index contributed by atoms with van der Waals surface area (Å²) >= 11 is 0. The predicted molar refractivity (Wildman–Crippen MR) is 155 cm³/mol. The molecule has 15 nitrogen and oxygen atoms in total. The molecule has 3 rings (SSSR count). The summed E-state index contributed by atoms with van der Waals surface area (Å²) in [7, 11) is 0. The lowest BCUT2D eigenvalue weighted by Gasteiger charge is -2.34. The van der Waals surface area contributed by atoms with Crippen molar-refractivity contribution in [1.82, 2.24) is 25.8 Å². The largest absolute Gasteiger partial charge is 0.381 e. The molecule has 0 saturated carbocycles. The van der Waals surface area contributed by atoms with E-state index in [2.05, 4.69) is 21.1 Å². The Bertz CT molecular complexity index is 1290. The fourth-order valence-electron chi connectivity index (χ4n) is 4.45. The molecular weight excluding hydrogens is 560 g/mol. The summed E-state index contributed by atoms with van der Waals surface area (Å²) in [6.07, 6.45) is -0.787. The monoisotopic (exact) mass is 596 g/mol. The van der Waals surface area contributed by atoms with E-state index >= 15 is 0 Å². The molecule has 4 amide bonds. The number of aliphatic hydroxyl groups excluding tert-OH is 1. The second kappa shape index (κ2) is 16.4. The fraction of sp³-hybridized carbons (Fsp3) is 0.393. The number of amides is 4. The summed E-state index contributed by atoms with van der Waals surface area (Å²) in [5.74, 6) is -2.51. The van der Waals surface area contributed by atoms with Gasteiger partial charge in [-0.1, -0.05) is 60.7 Å². The van der Waals surface area contributed by atoms with E-state index in [1.165, 1.54) is 4.90 Å². The van der Waals surface area contributed by atoms with Crippen LogP contribution in [0.15, 0.2) is 65.8 Å². The normalized spacial score (nSPS) is 15.0. The summed E-state index contributed by atoms with van der Waals surface area (Å²) in [6.45, 7) is -0.289. The van der Waals surface area contributed by atoms with Crippen LogP contribution in [-0.4, -0.2) is 94.4 Å². The van der Waals surface area contributed by atoms with Gasteiger partial charge in [0.1, 0.15) is 24.7 Å². The highest BCUT2D eigenvalue weighted by Crippen LogP contribution is 2.11. The fourth-order valence-corrected chi connectivity index (χ4v) is 4.45. The summed E-state index contributed by atoms with van der Waals surface area (Å²) < 4.78 is 0. The number of hydrogen-bond donors (Lipinski definition) is 5. The topological polar surface area (TPSA) is 213 Å². The zero-order valence-electron chi connectivity index (χ0n) is 23.6. The number of piperazine rings is 1. The second-order valence-corrected chi connectivity index (χ2v) is 9.92. The molecule has 0 bridgehead atoms. The van der Waals surface area contributed by atoms with Crippen molar-refractivity contribution in [2.75, 3.05) is 32.7 Å². The van der Waals surface area contributed by atoms with Crippen molar-refractivity contribution in [2.24, 2.45) is 10.8 Å². The molecule has 1 heterocycles. The first kappa shape index (κ1) is 32.5. The maximum Gasteiger partial charge on any atom is 0.266 e. The van der Waals surface area contributed by atoms with Gasteiger partial charge in [-0.05, 0) is 30.4 Å². The quantitative estimate of drug-likeness (QED) is 0.0556. The van der Waals surface area contributed by atoms with E-state index in [4.69, 9.17) is 5.73 Å². The Morgan fingerprint density at radius 3 is 2.21 bits per heavy atom. The van der Waals surface area contributed by atoms with E-state index in [1.807, 2.05) is 60.7 Å². The minimum absolute atomic E-state index is 0.0789. The van der Waals surface area contributed by atoms with Crippen molar-refractivity contribution in [3.05, 3.63) is 81.9 Å². The van der Waals surface area contributed by atoms with Crippen LogP contribution >= 0.6 is 0 Å². The molecule has 6 N–H and O–H groups in total. The van der Waals surface area contributed by atoms with Crippen LogP contribution in [0.5, 0.6) is 0 Å². The lowest BCUT2D eigenvalue weighted by Crippen LogP contribution is -2.57. The van der Waals surface area contributed by atoms with Crippen molar-refractivity contribution in [3.63, 3.8) is 0 Å². The summed E-state index contributed by atoms with van der Waals surface area (Å²) in [5.41, 5.74) is 7.27. The Labute approximate surface area is 248 Å². The van der Waals surface area contributed by atoms with Crippen molar-refractivity contribution in [3.8, 4) is 0 Å². The van der Waals surface area contributed by atoms with Crippen LogP contribution in [-0.2, 0) is 32.1 Å². The number of rotatable bonds is 15. The number of benzene rings is 2. The molecule has 2 atom stereocenters. The molecule has 2 aromatic rings. The van der Waals surface area contributed by atoms with Gasteiger partial charge >= 0.3 is 0 Å². The number of hydrogen-bond acceptors (Lipinski definition) is 7. The zero-order chi connectivity index (χ0) is 31.2. The Kier molecular flexibility index (Phi) is 12.4. The molecule has 1 aliphatic rings. The van der Waals surface area contributed by atoms with Crippen molar-refractivity contribution < 1.29 is 29.3 Å². The number of aliphatic hydroxyl groups is 1. The Balaban J connectivity index is 1.56. The number of carbonyl (C=O) groups excluding carboxylic acids is 4. The minimum Gasteiger partial charge on any atom is -0.381 e. The maximum atomic E-state index is 12.9. The van der Waals surface area contributed by atoms with Gasteiger partial charge in [0.15, 0.2) is 11.1 Å². The number of guanidine groups is 1. The molecule has 0 radical (unpaired) electrons. The van der Waals surface area contributed by atoms with Crippen molar-refractivity contribution in [1.29, 1.82) is 0 Å². The Hall–Kier alpha value is -5.05. The number of nitro groups is 1. The highest BCUT2D eigenvalue weighted by Gasteiger charge is 2.33. The molecule has 43 heavy (non-hydrogen) atoms. The van der Waals surface area contributed by atoms with Crippen LogP contribution in [0.1, 0.15) is 24.0 Å². The van der Waals surface area contributed by atoms with Crippen LogP contribution in [0.25, 0.3) is 0 Å². The van der Waals surface area contributed by atoms with Crippen LogP contribution < -0.4 is 21.7 Å². The average molecular weight is 597 g/mol. The van der Waals surface area contributed by atoms with Crippen LogP contribution in [0, 0.1) is 10.1 Å². The third-order valence-electron chi connectivity index (χ3n) is 6.65. The number of carbonyl (C=O) groups is 4. The highest BCUT2D eigenvalue weighted by atomic mass is 16.7. The van der Waals surface area contributed by atoms with Crippen LogP contribution in [0.4, 0.5) is 0 Å². The van der Waals surface area contributed by atoms with Gasteiger partial charge in [-0.3, -0.25) is 19.2 Å². The molecule has 2 aromatic carbocycles. The number of hydrazone groups is 1. The van der Waals surface area contributed by atoms with Gasteiger partial charge < -0.3 is 36.6 Å². The number of nitrogens with two attached hydrogens (primary N) is 1. The van der Waals surface area contributed by atoms with E-state index in [9.17, 15) is 34.4 Å². The third-order valence-corrected chi connectivity index (χ3v) is 6.65. The van der Waals surface area contributed by atoms with E-state index in [0.717, 1.165) is 16.0 Å². The zero-order valence-corrected chi connectivity index (χ0v) is 23.6. The first-order valence-corrected chi connectivity index (χ1v) is 13.7. The first-order valence-electron chi connectivity index (χ1n) is 13.7. The lowest BCUT2D eigenvalue weighted by molar-refractivity contribution is -0.485. The molecule has 15 heteroatoms. The van der Waals surface area contributed by atoms with E-state index in [-0.39, 0.29) is 51.5 Å². The minimum atomic E-state index is -1.63. The molecule has 2 unspecified atom stereocenters. The third kappa shape index (κ3) is 11.0. The Morgan fingerprint density at radius 1 is 0.953 bits per heavy atom. The molecular formula is C28H36N8O7. The molecule has 1 saturated heterocycles. The Morgan fingerprint density at radius 2 is 1.56 bits per heavy atom. The molecule has 1 fully saturated rings. The molecule has 1 aliphatic heterocycles. The van der Waals surface area contributed by atoms with Crippen LogP contribution in [0.2, 0.25) is 0 Å². The van der Waals surface area contributed by atoms with E-state index < -0.39 is 47.4 Å². The van der Waals surface area contributed by atoms with Crippen molar-refractivity contribution >= 4 is 29.6 Å². The first-order chi connectivity index (χ1) is 20.6. The van der Waals surface area contributed by atoms with E-state index in [0.29, 0.717) is 6.42 Å².